The first kappa shape index (κ1) is 13.0. The van der Waals surface area contributed by atoms with E-state index >= 15 is 0 Å². The lowest BCUT2D eigenvalue weighted by molar-refractivity contribution is 0.0344. The van der Waals surface area contributed by atoms with Gasteiger partial charge in [0.1, 0.15) is 11.9 Å². The average Bonchev–Trinajstić information content (AvgIpc) is 2.23. The highest BCUT2D eigenvalue weighted by molar-refractivity contribution is 5.22. The van der Waals surface area contributed by atoms with E-state index in [1.807, 2.05) is 6.92 Å². The monoisotopic (exact) mass is 234 g/mol. The lowest BCUT2D eigenvalue weighted by atomic mass is 10.1. The zero-order valence-corrected chi connectivity index (χ0v) is 8.84. The summed E-state index contributed by atoms with van der Waals surface area (Å²) in [4.78, 5) is 0. The molecule has 0 spiro atoms. The minimum Gasteiger partial charge on any atom is -0.386 e. The number of hydrogen-bond acceptors (Lipinski definition) is 2. The summed E-state index contributed by atoms with van der Waals surface area (Å²) in [6.07, 6.45) is -0.533. The Morgan fingerprint density at radius 2 is 1.81 bits per heavy atom. The summed E-state index contributed by atoms with van der Waals surface area (Å²) in [5.74, 6) is -3.44. The number of hydrogen-bond donors (Lipinski definition) is 1. The molecular formula is C11H13F3O2. The van der Waals surface area contributed by atoms with Crippen molar-refractivity contribution >= 4 is 0 Å². The van der Waals surface area contributed by atoms with Crippen molar-refractivity contribution in [1.82, 2.24) is 0 Å². The molecule has 0 aliphatic heterocycles. The van der Waals surface area contributed by atoms with E-state index in [1.54, 1.807) is 0 Å². The van der Waals surface area contributed by atoms with E-state index in [4.69, 9.17) is 4.74 Å². The van der Waals surface area contributed by atoms with Gasteiger partial charge in [0.15, 0.2) is 11.6 Å². The normalized spacial score (nSPS) is 12.8. The third-order valence-electron chi connectivity index (χ3n) is 2.02. The largest absolute Gasteiger partial charge is 0.386 e. The molecule has 0 heterocycles. The second-order valence-electron chi connectivity index (χ2n) is 3.38. The molecule has 1 atom stereocenters. The summed E-state index contributed by atoms with van der Waals surface area (Å²) >= 11 is 0. The Labute approximate surface area is 91.7 Å². The molecule has 1 rings (SSSR count). The molecule has 0 fully saturated rings. The molecule has 0 aliphatic rings. The molecule has 0 amide bonds. The Kier molecular flexibility index (Phi) is 4.76. The van der Waals surface area contributed by atoms with Crippen LogP contribution in [0.3, 0.4) is 0 Å². The van der Waals surface area contributed by atoms with Gasteiger partial charge in [0.2, 0.25) is 0 Å². The van der Waals surface area contributed by atoms with Crippen molar-refractivity contribution in [1.29, 1.82) is 0 Å². The molecule has 0 saturated heterocycles. The van der Waals surface area contributed by atoms with Crippen LogP contribution in [0.15, 0.2) is 12.1 Å². The van der Waals surface area contributed by atoms with Gasteiger partial charge in [-0.1, -0.05) is 6.92 Å². The third kappa shape index (κ3) is 3.21. The fraction of sp³-hybridized carbons (Fsp3) is 0.455. The van der Waals surface area contributed by atoms with Gasteiger partial charge in [-0.25, -0.2) is 13.2 Å². The van der Waals surface area contributed by atoms with Crippen molar-refractivity contribution in [3.8, 4) is 0 Å². The molecule has 0 radical (unpaired) electrons. The minimum atomic E-state index is -1.29. The van der Waals surface area contributed by atoms with Gasteiger partial charge in [-0.2, -0.15) is 0 Å². The van der Waals surface area contributed by atoms with Crippen LogP contribution in [0, 0.1) is 17.5 Å². The molecule has 1 aromatic rings. The Hall–Kier alpha value is -1.07. The summed E-state index contributed by atoms with van der Waals surface area (Å²) in [5, 5.41) is 9.49. The number of aliphatic hydroxyl groups excluding tert-OH is 1. The minimum absolute atomic E-state index is 0.143. The summed E-state index contributed by atoms with van der Waals surface area (Å²) in [5.41, 5.74) is -0.296. The van der Waals surface area contributed by atoms with Crippen molar-refractivity contribution in [3.63, 3.8) is 0 Å². The maximum Gasteiger partial charge on any atom is 0.161 e. The van der Waals surface area contributed by atoms with Gasteiger partial charge in [-0.15, -0.1) is 0 Å². The highest BCUT2D eigenvalue weighted by Crippen LogP contribution is 2.20. The summed E-state index contributed by atoms with van der Waals surface area (Å²) in [6.45, 7) is 2.16. The number of ether oxygens (including phenoxy) is 1. The van der Waals surface area contributed by atoms with Crippen LogP contribution >= 0.6 is 0 Å². The molecule has 0 bridgehead atoms. The molecule has 0 saturated carbocycles. The predicted molar refractivity (Wildman–Crippen MR) is 52.4 cm³/mol. The van der Waals surface area contributed by atoms with E-state index in [9.17, 15) is 18.3 Å². The van der Waals surface area contributed by atoms with Gasteiger partial charge >= 0.3 is 0 Å². The molecule has 1 aromatic carbocycles. The zero-order chi connectivity index (χ0) is 12.1. The van der Waals surface area contributed by atoms with Crippen LogP contribution in [0.1, 0.15) is 25.0 Å². The Bertz CT molecular complexity index is 355. The molecule has 0 aliphatic carbocycles. The average molecular weight is 234 g/mol. The molecule has 2 nitrogen and oxygen atoms in total. The maximum atomic E-state index is 13.2. The van der Waals surface area contributed by atoms with Gasteiger partial charge in [-0.3, -0.25) is 0 Å². The highest BCUT2D eigenvalue weighted by atomic mass is 19.2. The Morgan fingerprint density at radius 3 is 2.44 bits per heavy atom. The fourth-order valence-electron chi connectivity index (χ4n) is 1.22. The summed E-state index contributed by atoms with van der Waals surface area (Å²) in [7, 11) is 0. The molecule has 90 valence electrons. The molecule has 1 unspecified atom stereocenters. The number of halogens is 3. The summed E-state index contributed by atoms with van der Waals surface area (Å²) < 4.78 is 43.6. The van der Waals surface area contributed by atoms with Crippen LogP contribution in [-0.2, 0) is 4.74 Å². The van der Waals surface area contributed by atoms with Gasteiger partial charge in [0, 0.05) is 18.2 Å². The summed E-state index contributed by atoms with van der Waals surface area (Å²) in [6, 6.07) is 1.05. The molecular weight excluding hydrogens is 221 g/mol. The second-order valence-corrected chi connectivity index (χ2v) is 3.38. The van der Waals surface area contributed by atoms with Gasteiger partial charge in [-0.05, 0) is 12.5 Å². The van der Waals surface area contributed by atoms with E-state index in [2.05, 4.69) is 0 Å². The van der Waals surface area contributed by atoms with Crippen LogP contribution in [0.4, 0.5) is 13.2 Å². The number of aliphatic hydroxyl groups is 1. The number of rotatable bonds is 5. The van der Waals surface area contributed by atoms with Crippen molar-refractivity contribution in [3.05, 3.63) is 35.1 Å². The van der Waals surface area contributed by atoms with E-state index in [0.717, 1.165) is 6.42 Å². The second kappa shape index (κ2) is 5.86. The van der Waals surface area contributed by atoms with Crippen LogP contribution in [0.5, 0.6) is 0 Å². The smallest absolute Gasteiger partial charge is 0.161 e. The van der Waals surface area contributed by atoms with Gasteiger partial charge in [0.05, 0.1) is 6.61 Å². The highest BCUT2D eigenvalue weighted by Gasteiger charge is 2.16. The standard InChI is InChI=1S/C11H13F3O2/c1-2-3-16-6-11(15)7-4-9(13)10(14)5-8(7)12/h4-5,11,15H,2-3,6H2,1H3. The van der Waals surface area contributed by atoms with Crippen LogP contribution in [-0.4, -0.2) is 18.3 Å². The van der Waals surface area contributed by atoms with Crippen molar-refractivity contribution in [2.75, 3.05) is 13.2 Å². The lowest BCUT2D eigenvalue weighted by Gasteiger charge is -2.12. The van der Waals surface area contributed by atoms with Crippen molar-refractivity contribution in [2.24, 2.45) is 0 Å². The van der Waals surface area contributed by atoms with Gasteiger partial charge < -0.3 is 9.84 Å². The first-order chi connectivity index (χ1) is 7.56. The predicted octanol–water partition coefficient (Wildman–Crippen LogP) is 2.56. The molecule has 16 heavy (non-hydrogen) atoms. The zero-order valence-electron chi connectivity index (χ0n) is 8.84. The lowest BCUT2D eigenvalue weighted by Crippen LogP contribution is -2.10. The van der Waals surface area contributed by atoms with E-state index in [1.165, 1.54) is 0 Å². The quantitative estimate of drug-likeness (QED) is 0.626. The van der Waals surface area contributed by atoms with Crippen LogP contribution in [0.2, 0.25) is 0 Å². The fourth-order valence-corrected chi connectivity index (χ4v) is 1.22. The van der Waals surface area contributed by atoms with Gasteiger partial charge in [0.25, 0.3) is 0 Å². The molecule has 1 N–H and O–H groups in total. The van der Waals surface area contributed by atoms with Crippen LogP contribution in [0.25, 0.3) is 0 Å². The van der Waals surface area contributed by atoms with E-state index in [-0.39, 0.29) is 12.2 Å². The topological polar surface area (TPSA) is 29.5 Å². The first-order valence-electron chi connectivity index (χ1n) is 4.96. The van der Waals surface area contributed by atoms with Crippen LogP contribution < -0.4 is 0 Å². The van der Waals surface area contributed by atoms with Crippen molar-refractivity contribution in [2.45, 2.75) is 19.4 Å². The Morgan fingerprint density at radius 1 is 1.19 bits per heavy atom. The maximum absolute atomic E-state index is 13.2. The van der Waals surface area contributed by atoms with E-state index in [0.29, 0.717) is 18.7 Å². The molecule has 0 aromatic heterocycles. The number of benzene rings is 1. The van der Waals surface area contributed by atoms with E-state index < -0.39 is 23.6 Å². The molecule has 5 heteroatoms. The first-order valence-corrected chi connectivity index (χ1v) is 4.96. The SMILES string of the molecule is CCCOCC(O)c1cc(F)c(F)cc1F. The van der Waals surface area contributed by atoms with Crippen molar-refractivity contribution < 1.29 is 23.0 Å². The Balaban J connectivity index is 2.75. The third-order valence-corrected chi connectivity index (χ3v) is 2.02.